The Balaban J connectivity index is 1.70. The van der Waals surface area contributed by atoms with Gasteiger partial charge in [0.25, 0.3) is 5.91 Å². The molecule has 3 aromatic carbocycles. The topological polar surface area (TPSA) is 78.2 Å². The van der Waals surface area contributed by atoms with Crippen LogP contribution < -0.4 is 24.5 Å². The Morgan fingerprint density at radius 2 is 1.71 bits per heavy atom. The lowest BCUT2D eigenvalue weighted by Crippen LogP contribution is -2.29. The third kappa shape index (κ3) is 4.49. The van der Waals surface area contributed by atoms with Crippen LogP contribution in [0.3, 0.4) is 0 Å². The summed E-state index contributed by atoms with van der Waals surface area (Å²) in [5, 5.41) is 0.443. The van der Waals surface area contributed by atoms with Crippen LogP contribution in [0.5, 0.6) is 17.2 Å². The van der Waals surface area contributed by atoms with Crippen molar-refractivity contribution in [3.8, 4) is 17.2 Å². The van der Waals surface area contributed by atoms with Crippen molar-refractivity contribution < 1.29 is 23.4 Å². The summed E-state index contributed by atoms with van der Waals surface area (Å²) in [5.41, 5.74) is 2.72. The van der Waals surface area contributed by atoms with Crippen LogP contribution in [-0.2, 0) is 0 Å². The molecule has 1 amide bonds. The Labute approximate surface area is 221 Å². The number of amides is 1. The van der Waals surface area contributed by atoms with Crippen LogP contribution in [-0.4, -0.2) is 26.2 Å². The van der Waals surface area contributed by atoms with Gasteiger partial charge in [0.1, 0.15) is 11.3 Å². The van der Waals surface area contributed by atoms with Gasteiger partial charge in [0.15, 0.2) is 16.9 Å². The van der Waals surface area contributed by atoms with E-state index in [0.29, 0.717) is 64.2 Å². The first kappa shape index (κ1) is 25.4. The van der Waals surface area contributed by atoms with Gasteiger partial charge in [-0.3, -0.25) is 14.5 Å². The van der Waals surface area contributed by atoms with Gasteiger partial charge in [0.2, 0.25) is 5.76 Å². The van der Waals surface area contributed by atoms with Gasteiger partial charge in [-0.2, -0.15) is 0 Å². The maximum absolute atomic E-state index is 13.9. The minimum atomic E-state index is -0.718. The molecule has 0 aliphatic carbocycles. The number of aryl methyl sites for hydroxylation is 1. The van der Waals surface area contributed by atoms with Crippen molar-refractivity contribution in [2.24, 2.45) is 5.92 Å². The number of rotatable bonds is 8. The minimum Gasteiger partial charge on any atom is -0.494 e. The van der Waals surface area contributed by atoms with Crippen LogP contribution >= 0.6 is 0 Å². The van der Waals surface area contributed by atoms with Crippen molar-refractivity contribution in [1.29, 1.82) is 0 Å². The first-order valence-corrected chi connectivity index (χ1v) is 12.8. The Morgan fingerprint density at radius 3 is 2.39 bits per heavy atom. The lowest BCUT2D eigenvalue weighted by Gasteiger charge is -2.26. The highest BCUT2D eigenvalue weighted by molar-refractivity contribution is 6.10. The smallest absolute Gasteiger partial charge is 0.295 e. The average molecular weight is 514 g/mol. The maximum Gasteiger partial charge on any atom is 0.295 e. The van der Waals surface area contributed by atoms with Crippen LogP contribution in [0.4, 0.5) is 5.69 Å². The minimum absolute atomic E-state index is 0.0457. The van der Waals surface area contributed by atoms with Gasteiger partial charge in [-0.25, -0.2) is 0 Å². The van der Waals surface area contributed by atoms with Gasteiger partial charge in [-0.05, 0) is 73.9 Å². The number of ether oxygens (including phenoxy) is 3. The predicted molar refractivity (Wildman–Crippen MR) is 147 cm³/mol. The van der Waals surface area contributed by atoms with Gasteiger partial charge in [-0.1, -0.05) is 31.5 Å². The van der Waals surface area contributed by atoms with Gasteiger partial charge >= 0.3 is 0 Å². The van der Waals surface area contributed by atoms with Crippen molar-refractivity contribution in [2.45, 2.75) is 33.7 Å². The van der Waals surface area contributed by atoms with Crippen LogP contribution in [0.15, 0.2) is 69.9 Å². The number of methoxy groups -OCH3 is 1. The fourth-order valence-electron chi connectivity index (χ4n) is 4.77. The summed E-state index contributed by atoms with van der Waals surface area (Å²) in [5.74, 6) is 1.83. The average Bonchev–Trinajstić information content (AvgIpc) is 3.20. The molecule has 196 valence electrons. The SMILES string of the molecule is CCOc1ccc(N2C(=O)c3oc4ccc(C)cc4c(=O)c3C2c2ccc(OCC(C)C)c(OC)c2)cc1. The normalized spacial score (nSPS) is 14.7. The van der Waals surface area contributed by atoms with Gasteiger partial charge in [0, 0.05) is 5.69 Å². The van der Waals surface area contributed by atoms with E-state index >= 15 is 0 Å². The number of carbonyl (C=O) groups excluding carboxylic acids is 1. The molecule has 0 N–H and O–H groups in total. The monoisotopic (exact) mass is 513 g/mol. The van der Waals surface area contributed by atoms with Crippen molar-refractivity contribution >= 4 is 22.6 Å². The third-order valence-electron chi connectivity index (χ3n) is 6.53. The zero-order valence-electron chi connectivity index (χ0n) is 22.2. The Morgan fingerprint density at radius 1 is 0.947 bits per heavy atom. The molecule has 4 aromatic rings. The van der Waals surface area contributed by atoms with Crippen LogP contribution in [0, 0.1) is 12.8 Å². The van der Waals surface area contributed by atoms with E-state index in [0.717, 1.165) is 5.56 Å². The zero-order chi connectivity index (χ0) is 27.0. The Hall–Kier alpha value is -4.26. The fourth-order valence-corrected chi connectivity index (χ4v) is 4.77. The standard InChI is InChI=1S/C31H31NO6/c1-6-36-22-11-9-21(10-12-22)32-28(20-8-14-25(26(16-20)35-5)37-17-18(2)3)27-29(33)23-15-19(4)7-13-24(23)38-30(27)31(32)34/h7-16,18,28H,6,17H2,1-5H3. The molecule has 0 fully saturated rings. The zero-order valence-corrected chi connectivity index (χ0v) is 22.2. The van der Waals surface area contributed by atoms with Gasteiger partial charge < -0.3 is 18.6 Å². The highest BCUT2D eigenvalue weighted by Gasteiger charge is 2.44. The molecule has 0 radical (unpaired) electrons. The van der Waals surface area contributed by atoms with Gasteiger partial charge in [-0.15, -0.1) is 0 Å². The molecular weight excluding hydrogens is 482 g/mol. The summed E-state index contributed by atoms with van der Waals surface area (Å²) >= 11 is 0. The number of carbonyl (C=O) groups is 1. The first-order valence-electron chi connectivity index (χ1n) is 12.8. The van der Waals surface area contributed by atoms with E-state index in [4.69, 9.17) is 18.6 Å². The van der Waals surface area contributed by atoms with E-state index in [2.05, 4.69) is 13.8 Å². The number of benzene rings is 3. The summed E-state index contributed by atoms with van der Waals surface area (Å²) in [7, 11) is 1.57. The maximum atomic E-state index is 13.9. The van der Waals surface area contributed by atoms with E-state index in [9.17, 15) is 9.59 Å². The molecule has 0 bridgehead atoms. The van der Waals surface area contributed by atoms with E-state index in [1.165, 1.54) is 0 Å². The second-order valence-corrected chi connectivity index (χ2v) is 9.79. The molecule has 0 saturated heterocycles. The summed E-state index contributed by atoms with van der Waals surface area (Å²) in [6.07, 6.45) is 0. The van der Waals surface area contributed by atoms with Crippen LogP contribution in [0.25, 0.3) is 11.0 Å². The fraction of sp³-hybridized carbons (Fsp3) is 0.290. The van der Waals surface area contributed by atoms with Crippen LogP contribution in [0.2, 0.25) is 0 Å². The summed E-state index contributed by atoms with van der Waals surface area (Å²) < 4.78 is 23.3. The number of hydrogen-bond acceptors (Lipinski definition) is 6. The molecule has 1 atom stereocenters. The third-order valence-corrected chi connectivity index (χ3v) is 6.53. The molecule has 7 heteroatoms. The van der Waals surface area contributed by atoms with Gasteiger partial charge in [0.05, 0.1) is 37.3 Å². The second-order valence-electron chi connectivity index (χ2n) is 9.79. The highest BCUT2D eigenvalue weighted by atomic mass is 16.5. The van der Waals surface area contributed by atoms with E-state index in [1.54, 1.807) is 24.1 Å². The lowest BCUT2D eigenvalue weighted by molar-refractivity contribution is 0.0971. The second kappa shape index (κ2) is 10.2. The number of nitrogens with zero attached hydrogens (tertiary/aromatic N) is 1. The number of hydrogen-bond donors (Lipinski definition) is 0. The molecule has 1 unspecified atom stereocenters. The highest BCUT2D eigenvalue weighted by Crippen LogP contribution is 2.43. The quantitative estimate of drug-likeness (QED) is 0.275. The molecule has 0 spiro atoms. The van der Waals surface area contributed by atoms with E-state index in [1.807, 2.05) is 62.4 Å². The molecular formula is C31H31NO6. The van der Waals surface area contributed by atoms with E-state index < -0.39 is 6.04 Å². The first-order chi connectivity index (χ1) is 18.3. The van der Waals surface area contributed by atoms with E-state index in [-0.39, 0.29) is 17.1 Å². The van der Waals surface area contributed by atoms with Crippen molar-refractivity contribution in [3.05, 3.63) is 93.3 Å². The molecule has 1 aliphatic heterocycles. The summed E-state index contributed by atoms with van der Waals surface area (Å²) in [4.78, 5) is 29.4. The predicted octanol–water partition coefficient (Wildman–Crippen LogP) is 6.29. The summed E-state index contributed by atoms with van der Waals surface area (Å²) in [6.45, 7) is 9.04. The van der Waals surface area contributed by atoms with Crippen molar-refractivity contribution in [2.75, 3.05) is 25.2 Å². The molecule has 38 heavy (non-hydrogen) atoms. The molecule has 7 nitrogen and oxygen atoms in total. The van der Waals surface area contributed by atoms with Crippen LogP contribution in [0.1, 0.15) is 54.1 Å². The van der Waals surface area contributed by atoms with Crippen molar-refractivity contribution in [1.82, 2.24) is 0 Å². The lowest BCUT2D eigenvalue weighted by atomic mass is 9.97. The molecule has 1 aromatic heterocycles. The molecule has 1 aliphatic rings. The molecule has 2 heterocycles. The van der Waals surface area contributed by atoms with Crippen molar-refractivity contribution in [3.63, 3.8) is 0 Å². The number of fused-ring (bicyclic) bond motifs is 2. The Bertz CT molecular complexity index is 1550. The molecule has 5 rings (SSSR count). The number of anilines is 1. The summed E-state index contributed by atoms with van der Waals surface area (Å²) in [6, 6.07) is 17.4. The molecule has 0 saturated carbocycles. The Kier molecular flexibility index (Phi) is 6.85. The largest absolute Gasteiger partial charge is 0.494 e.